The number of aliphatic hydroxyl groups excluding tert-OH is 1. The predicted octanol–water partition coefficient (Wildman–Crippen LogP) is 3.97. The maximum absolute atomic E-state index is 14.7. The van der Waals surface area contributed by atoms with Gasteiger partial charge in [0.15, 0.2) is 6.61 Å². The van der Waals surface area contributed by atoms with Crippen LogP contribution in [0.4, 0.5) is 0 Å². The quantitative estimate of drug-likeness (QED) is 0.0826. The third kappa shape index (κ3) is 13.5. The molecule has 348 valence electrons. The van der Waals surface area contributed by atoms with Crippen molar-refractivity contribution < 1.29 is 43.7 Å². The van der Waals surface area contributed by atoms with E-state index in [4.69, 9.17) is 4.74 Å². The first-order valence-corrected chi connectivity index (χ1v) is 22.2. The van der Waals surface area contributed by atoms with E-state index >= 15 is 0 Å². The maximum atomic E-state index is 14.7. The number of aliphatic carboxylic acids is 1. The molecule has 1 aromatic heterocycles. The number of benzene rings is 5. The van der Waals surface area contributed by atoms with Crippen molar-refractivity contribution in [2.45, 2.75) is 62.3 Å². The molecule has 5 aromatic carbocycles. The number of aliphatic hydroxyl groups is 1. The number of nitrogens with zero attached hydrogens (tertiary/aromatic N) is 1. The van der Waals surface area contributed by atoms with Gasteiger partial charge in [-0.05, 0) is 81.6 Å². The third-order valence-electron chi connectivity index (χ3n) is 11.6. The Labute approximate surface area is 393 Å². The van der Waals surface area contributed by atoms with E-state index in [-0.39, 0.29) is 25.7 Å². The fourth-order valence-corrected chi connectivity index (χ4v) is 7.78. The standard InChI is InChI=1S/C53H52N6O9/c60-32-47(53(66)67)59-52(65)46-31-37-15-22-42(23-16-37)68-33-48(61)55-44(29-35-13-20-40(21-14-35)41-25-27-54-28-26-41)50(63)58-45(30-36-11-18-39(19-12-36)38-9-5-2-6-10-38)51(64)56-43(49(62)57-46)24-17-34-7-3-1-4-8-34/h1-16,18-23,25-28,43-47,60H,17,24,29-33H2,(H,55,61)(H,56,64)(H,57,62)(H,58,63)(H,59,65)(H,66,67)/t43-,44-,45+,46-,47+/m0/s1. The summed E-state index contributed by atoms with van der Waals surface area (Å²) in [5, 5.41) is 32.9. The molecule has 0 saturated heterocycles. The molecule has 2 aliphatic heterocycles. The fourth-order valence-electron chi connectivity index (χ4n) is 7.78. The van der Waals surface area contributed by atoms with E-state index in [0.29, 0.717) is 23.3 Å². The van der Waals surface area contributed by atoms with Gasteiger partial charge in [-0.2, -0.15) is 0 Å². The van der Waals surface area contributed by atoms with Gasteiger partial charge in [-0.15, -0.1) is 0 Å². The van der Waals surface area contributed by atoms with Crippen molar-refractivity contribution in [3.63, 3.8) is 0 Å². The average molecular weight is 917 g/mol. The molecule has 15 nitrogen and oxygen atoms in total. The number of aromatic nitrogens is 1. The highest BCUT2D eigenvalue weighted by Gasteiger charge is 2.33. The van der Waals surface area contributed by atoms with Crippen molar-refractivity contribution in [1.29, 1.82) is 0 Å². The van der Waals surface area contributed by atoms with E-state index in [2.05, 4.69) is 31.6 Å². The van der Waals surface area contributed by atoms with Crippen LogP contribution in [-0.2, 0) is 54.5 Å². The van der Waals surface area contributed by atoms with Crippen LogP contribution in [0, 0.1) is 0 Å². The summed E-state index contributed by atoms with van der Waals surface area (Å²) in [6.45, 7) is -1.37. The molecule has 15 heteroatoms. The zero-order chi connectivity index (χ0) is 47.8. The number of rotatable bonds is 13. The number of ether oxygens (including phenoxy) is 1. The molecule has 3 heterocycles. The number of fused-ring (bicyclic) bond motifs is 16. The Morgan fingerprint density at radius 2 is 1.12 bits per heavy atom. The van der Waals surface area contributed by atoms with Crippen molar-refractivity contribution in [2.24, 2.45) is 0 Å². The van der Waals surface area contributed by atoms with E-state index in [1.807, 2.05) is 121 Å². The number of carbonyl (C=O) groups excluding carboxylic acids is 5. The molecule has 0 fully saturated rings. The van der Waals surface area contributed by atoms with Crippen molar-refractivity contribution in [1.82, 2.24) is 31.6 Å². The van der Waals surface area contributed by atoms with E-state index < -0.39 is 78.9 Å². The van der Waals surface area contributed by atoms with Gasteiger partial charge in [-0.3, -0.25) is 29.0 Å². The van der Waals surface area contributed by atoms with Gasteiger partial charge in [0.2, 0.25) is 23.6 Å². The highest BCUT2D eigenvalue weighted by atomic mass is 16.5. The maximum Gasteiger partial charge on any atom is 0.328 e. The van der Waals surface area contributed by atoms with Crippen LogP contribution < -0.4 is 31.3 Å². The van der Waals surface area contributed by atoms with E-state index in [1.54, 1.807) is 36.7 Å². The first kappa shape index (κ1) is 47.8. The van der Waals surface area contributed by atoms with E-state index in [0.717, 1.165) is 33.4 Å². The number of aryl methyl sites for hydroxylation is 1. The Bertz CT molecular complexity index is 2650. The first-order valence-electron chi connectivity index (χ1n) is 22.2. The summed E-state index contributed by atoms with van der Waals surface area (Å²) in [5.74, 6) is -4.82. The molecular formula is C53H52N6O9. The third-order valence-corrected chi connectivity index (χ3v) is 11.6. The van der Waals surface area contributed by atoms with Crippen molar-refractivity contribution in [3.8, 4) is 28.0 Å². The van der Waals surface area contributed by atoms with Gasteiger partial charge >= 0.3 is 5.97 Å². The van der Waals surface area contributed by atoms with E-state index in [9.17, 15) is 39.0 Å². The Balaban J connectivity index is 1.23. The predicted molar refractivity (Wildman–Crippen MR) is 254 cm³/mol. The number of pyridine rings is 1. The van der Waals surface area contributed by atoms with Gasteiger partial charge in [0.1, 0.15) is 36.0 Å². The minimum atomic E-state index is -1.66. The molecule has 68 heavy (non-hydrogen) atoms. The van der Waals surface area contributed by atoms with Crippen LogP contribution in [0.5, 0.6) is 5.75 Å². The van der Waals surface area contributed by atoms with Crippen molar-refractivity contribution >= 4 is 35.5 Å². The number of amides is 5. The largest absolute Gasteiger partial charge is 0.484 e. The number of hydrogen-bond acceptors (Lipinski definition) is 9. The summed E-state index contributed by atoms with van der Waals surface area (Å²) in [6.07, 6.45) is 3.69. The number of carbonyl (C=O) groups is 6. The number of carboxylic acids is 1. The molecule has 0 saturated carbocycles. The number of hydrogen-bond donors (Lipinski definition) is 7. The lowest BCUT2D eigenvalue weighted by atomic mass is 9.98. The fraction of sp³-hybridized carbons (Fsp3) is 0.226. The van der Waals surface area contributed by atoms with Crippen LogP contribution in [0.2, 0.25) is 0 Å². The SMILES string of the molecule is O=C1COc2ccc(cc2)C[C@@H](C(=O)N[C@H](CO)C(=O)O)NC(=O)[C@H](CCc2ccccc2)NC(=O)[C@@H](Cc2ccc(-c3ccccc3)cc2)NC(=O)[C@H](Cc2ccc(-c3ccncc3)cc2)N1. The van der Waals surface area contributed by atoms with Gasteiger partial charge in [-0.1, -0.05) is 121 Å². The first-order chi connectivity index (χ1) is 33.0. The van der Waals surface area contributed by atoms with Gasteiger partial charge in [0, 0.05) is 31.7 Å². The molecule has 0 spiro atoms. The minimum Gasteiger partial charge on any atom is -0.484 e. The van der Waals surface area contributed by atoms with Crippen LogP contribution in [0.3, 0.4) is 0 Å². The summed E-state index contributed by atoms with van der Waals surface area (Å²) in [7, 11) is 0. The lowest BCUT2D eigenvalue weighted by Crippen LogP contribution is -2.60. The smallest absolute Gasteiger partial charge is 0.328 e. The topological polar surface area (TPSA) is 225 Å². The van der Waals surface area contributed by atoms with Gasteiger partial charge in [-0.25, -0.2) is 4.79 Å². The second kappa shape index (κ2) is 23.3. The summed E-state index contributed by atoms with van der Waals surface area (Å²) in [6, 6.07) is 37.4. The Morgan fingerprint density at radius 1 is 0.603 bits per heavy atom. The highest BCUT2D eigenvalue weighted by Crippen LogP contribution is 2.22. The molecule has 8 rings (SSSR count). The molecule has 0 unspecified atom stereocenters. The van der Waals surface area contributed by atoms with Crippen molar-refractivity contribution in [3.05, 3.63) is 180 Å². The molecule has 2 bridgehead atoms. The Kier molecular flexibility index (Phi) is 16.4. The molecule has 0 radical (unpaired) electrons. The summed E-state index contributed by atoms with van der Waals surface area (Å²) >= 11 is 0. The van der Waals surface area contributed by atoms with E-state index in [1.165, 1.54) is 0 Å². The second-order valence-electron chi connectivity index (χ2n) is 16.5. The molecule has 6 aromatic rings. The molecule has 5 atom stereocenters. The van der Waals surface area contributed by atoms with Gasteiger partial charge in [0.05, 0.1) is 6.61 Å². The Hall–Kier alpha value is -8.17. The van der Waals surface area contributed by atoms with Crippen LogP contribution in [-0.4, -0.2) is 94.1 Å². The van der Waals surface area contributed by atoms with Crippen molar-refractivity contribution in [2.75, 3.05) is 13.2 Å². The van der Waals surface area contributed by atoms with Crippen LogP contribution in [0.15, 0.2) is 158 Å². The number of nitrogens with one attached hydrogen (secondary N) is 5. The zero-order valence-electron chi connectivity index (χ0n) is 37.0. The van der Waals surface area contributed by atoms with Crippen LogP contribution in [0.25, 0.3) is 22.3 Å². The normalized spacial score (nSPS) is 18.5. The molecule has 7 N–H and O–H groups in total. The van der Waals surface area contributed by atoms with Gasteiger partial charge in [0.25, 0.3) is 5.91 Å². The lowest BCUT2D eigenvalue weighted by Gasteiger charge is -2.27. The molecular weight excluding hydrogens is 865 g/mol. The van der Waals surface area contributed by atoms with Crippen LogP contribution in [0.1, 0.15) is 28.7 Å². The summed E-state index contributed by atoms with van der Waals surface area (Å²) < 4.78 is 5.80. The molecule has 2 aliphatic rings. The molecule has 5 amide bonds. The Morgan fingerprint density at radius 3 is 1.69 bits per heavy atom. The molecule has 0 aliphatic carbocycles. The lowest BCUT2D eigenvalue weighted by molar-refractivity contribution is -0.143. The number of carboxylic acid groups (broad SMARTS) is 1. The average Bonchev–Trinajstić information content (AvgIpc) is 3.36. The summed E-state index contributed by atoms with van der Waals surface area (Å²) in [4.78, 5) is 87.0. The monoisotopic (exact) mass is 916 g/mol. The zero-order valence-corrected chi connectivity index (χ0v) is 37.0. The minimum absolute atomic E-state index is 0.0131. The summed E-state index contributed by atoms with van der Waals surface area (Å²) in [5.41, 5.74) is 6.60. The van der Waals surface area contributed by atoms with Gasteiger partial charge < -0.3 is 41.5 Å². The second-order valence-corrected chi connectivity index (χ2v) is 16.5. The highest BCUT2D eigenvalue weighted by molar-refractivity contribution is 5.96. The van der Waals surface area contributed by atoms with Crippen LogP contribution >= 0.6 is 0 Å².